The third kappa shape index (κ3) is 5.61. The number of imidazole rings is 1. The Kier molecular flexibility index (Phi) is 7.69. The normalized spacial score (nSPS) is 14.7. The van der Waals surface area contributed by atoms with E-state index in [1.807, 2.05) is 36.5 Å². The zero-order chi connectivity index (χ0) is 29.9. The fraction of sp³-hybridized carbons (Fsp3) is 0.250. The van der Waals surface area contributed by atoms with E-state index in [0.717, 1.165) is 46.9 Å². The molecule has 2 amide bonds. The van der Waals surface area contributed by atoms with E-state index in [0.29, 0.717) is 31.7 Å². The van der Waals surface area contributed by atoms with Gasteiger partial charge in [0.2, 0.25) is 11.8 Å². The maximum atomic E-state index is 11.1. The number of nitrogens with zero attached hydrogens (tertiary/aromatic N) is 7. The quantitative estimate of drug-likeness (QED) is 0.304. The van der Waals surface area contributed by atoms with Crippen molar-refractivity contribution in [3.05, 3.63) is 90.9 Å². The number of carbonyl (C=O) groups excluding carboxylic acids is 2. The van der Waals surface area contributed by atoms with Gasteiger partial charge in [0.05, 0.1) is 5.56 Å². The lowest BCUT2D eigenvalue weighted by molar-refractivity contribution is -0.130. The lowest BCUT2D eigenvalue weighted by atomic mass is 9.96. The highest BCUT2D eigenvalue weighted by Gasteiger charge is 2.24. The Labute approximate surface area is 248 Å². The monoisotopic (exact) mass is 575 g/mol. The van der Waals surface area contributed by atoms with Gasteiger partial charge in [-0.2, -0.15) is 5.10 Å². The van der Waals surface area contributed by atoms with Crippen LogP contribution in [0.25, 0.3) is 34.1 Å². The van der Waals surface area contributed by atoms with E-state index < -0.39 is 0 Å². The summed E-state index contributed by atoms with van der Waals surface area (Å²) in [6.45, 7) is 4.63. The highest BCUT2D eigenvalue weighted by atomic mass is 16.2. The number of likely N-dealkylation sites (tertiary alicyclic amines) is 1. The van der Waals surface area contributed by atoms with Crippen LogP contribution in [0.3, 0.4) is 0 Å². The Balaban J connectivity index is 0.000000214. The molecule has 4 aromatic heterocycles. The Morgan fingerprint density at radius 2 is 1.79 bits per heavy atom. The summed E-state index contributed by atoms with van der Waals surface area (Å²) in [5.74, 6) is 1.53. The summed E-state index contributed by atoms with van der Waals surface area (Å²) in [5.41, 5.74) is 17.6. The van der Waals surface area contributed by atoms with E-state index in [4.69, 9.17) is 21.4 Å². The van der Waals surface area contributed by atoms with Gasteiger partial charge >= 0.3 is 0 Å². The van der Waals surface area contributed by atoms with E-state index in [1.54, 1.807) is 22.0 Å². The molecule has 5 heterocycles. The van der Waals surface area contributed by atoms with Crippen molar-refractivity contribution in [2.24, 2.45) is 11.7 Å². The number of carbonyl (C=O) groups is 2. The van der Waals surface area contributed by atoms with Crippen molar-refractivity contribution in [2.45, 2.75) is 32.1 Å². The highest BCUT2D eigenvalue weighted by molar-refractivity contribution is 5.87. The molecule has 1 fully saturated rings. The summed E-state index contributed by atoms with van der Waals surface area (Å²) in [7, 11) is 0. The molecule has 0 radical (unpaired) electrons. The second kappa shape index (κ2) is 11.9. The first-order chi connectivity index (χ1) is 20.9. The summed E-state index contributed by atoms with van der Waals surface area (Å²) >= 11 is 0. The molecule has 11 heteroatoms. The molecule has 0 unspecified atom stereocenters. The molecule has 1 aromatic carbocycles. The van der Waals surface area contributed by atoms with Crippen LogP contribution in [-0.4, -0.2) is 59.1 Å². The Bertz CT molecular complexity index is 1800. The van der Waals surface area contributed by atoms with Crippen LogP contribution in [0.1, 0.15) is 30.4 Å². The van der Waals surface area contributed by atoms with Crippen molar-refractivity contribution in [3.63, 3.8) is 0 Å². The van der Waals surface area contributed by atoms with Crippen LogP contribution in [0.2, 0.25) is 0 Å². The minimum atomic E-state index is -0.259. The van der Waals surface area contributed by atoms with E-state index in [-0.39, 0.29) is 17.7 Å². The summed E-state index contributed by atoms with van der Waals surface area (Å²) in [6.07, 6.45) is 11.4. The molecule has 11 nitrogen and oxygen atoms in total. The van der Waals surface area contributed by atoms with E-state index in [9.17, 15) is 9.59 Å². The first-order valence-corrected chi connectivity index (χ1v) is 14.4. The average Bonchev–Trinajstić information content (AvgIpc) is 3.81. The maximum Gasteiger partial charge on any atom is 0.245 e. The molecule has 1 aliphatic carbocycles. The molecule has 218 valence electrons. The van der Waals surface area contributed by atoms with Crippen molar-refractivity contribution >= 4 is 28.8 Å². The molecule has 2 aliphatic rings. The van der Waals surface area contributed by atoms with E-state index in [2.05, 4.69) is 39.4 Å². The molecular formula is C32H33N9O2. The number of aromatic nitrogens is 6. The first-order valence-electron chi connectivity index (χ1n) is 14.4. The van der Waals surface area contributed by atoms with Crippen molar-refractivity contribution < 1.29 is 9.59 Å². The van der Waals surface area contributed by atoms with E-state index in [1.165, 1.54) is 23.6 Å². The SMILES string of the molecule is C=CC(=O)N1CCC(C(N)=O)CC1.Nc1ncccc1-c1nc2ccc(-n3cccn3)nc2n1-c1ccc2c(c1)CCC2. The Hall–Kier alpha value is -5.32. The van der Waals surface area contributed by atoms with Crippen molar-refractivity contribution in [1.82, 2.24) is 34.2 Å². The zero-order valence-corrected chi connectivity index (χ0v) is 23.8. The number of piperidine rings is 1. The van der Waals surface area contributed by atoms with Crippen molar-refractivity contribution in [3.8, 4) is 22.9 Å². The van der Waals surface area contributed by atoms with Crippen LogP contribution in [0, 0.1) is 5.92 Å². The van der Waals surface area contributed by atoms with Crippen LogP contribution in [-0.2, 0) is 22.4 Å². The molecule has 1 aliphatic heterocycles. The number of anilines is 1. The number of hydrogen-bond donors (Lipinski definition) is 2. The molecule has 43 heavy (non-hydrogen) atoms. The standard InChI is InChI=1S/C23H19N7.C9H14N2O2/c24-21-18(6-2-11-25-21)22-27-19-9-10-20(29-13-3-12-26-29)28-23(19)30(22)17-8-7-15-4-1-5-16(15)14-17;1-2-8(12)11-5-3-7(4-6-11)9(10)13/h2-3,6-14H,1,4-5H2,(H2,24,25);2,7H,1,3-6H2,(H2,10,13). The third-order valence-corrected chi connectivity index (χ3v) is 8.03. The highest BCUT2D eigenvalue weighted by Crippen LogP contribution is 2.32. The zero-order valence-electron chi connectivity index (χ0n) is 23.8. The lowest BCUT2D eigenvalue weighted by Gasteiger charge is -2.29. The number of fused-ring (bicyclic) bond motifs is 2. The van der Waals surface area contributed by atoms with Gasteiger partial charge in [-0.1, -0.05) is 12.6 Å². The molecule has 0 bridgehead atoms. The summed E-state index contributed by atoms with van der Waals surface area (Å²) in [5, 5.41) is 4.32. The van der Waals surface area contributed by atoms with Gasteiger partial charge in [-0.3, -0.25) is 14.2 Å². The molecule has 5 aromatic rings. The number of rotatable bonds is 5. The Morgan fingerprint density at radius 1 is 0.977 bits per heavy atom. The second-order valence-electron chi connectivity index (χ2n) is 10.7. The number of nitrogens with two attached hydrogens (primary N) is 2. The number of benzene rings is 1. The topological polar surface area (TPSA) is 151 Å². The molecular weight excluding hydrogens is 542 g/mol. The third-order valence-electron chi connectivity index (χ3n) is 8.03. The van der Waals surface area contributed by atoms with Gasteiger partial charge in [0.15, 0.2) is 17.3 Å². The predicted molar refractivity (Wildman–Crippen MR) is 164 cm³/mol. The molecule has 0 saturated carbocycles. The van der Waals surface area contributed by atoms with Crippen LogP contribution >= 0.6 is 0 Å². The van der Waals surface area contributed by atoms with Crippen LogP contribution in [0.5, 0.6) is 0 Å². The number of aryl methyl sites for hydroxylation is 2. The van der Waals surface area contributed by atoms with Crippen molar-refractivity contribution in [1.29, 1.82) is 0 Å². The average molecular weight is 576 g/mol. The van der Waals surface area contributed by atoms with Gasteiger partial charge in [-0.15, -0.1) is 0 Å². The van der Waals surface area contributed by atoms with Crippen molar-refractivity contribution in [2.75, 3.05) is 18.8 Å². The number of amides is 2. The number of primary amides is 1. The van der Waals surface area contributed by atoms with Crippen LogP contribution in [0.4, 0.5) is 5.82 Å². The number of pyridine rings is 2. The summed E-state index contributed by atoms with van der Waals surface area (Å²) in [6, 6.07) is 16.2. The second-order valence-corrected chi connectivity index (χ2v) is 10.7. The molecule has 0 spiro atoms. The summed E-state index contributed by atoms with van der Waals surface area (Å²) in [4.78, 5) is 37.7. The minimum absolute atomic E-state index is 0.0612. The number of hydrogen-bond acceptors (Lipinski definition) is 7. The molecule has 0 atom stereocenters. The number of nitrogen functional groups attached to an aromatic ring is 1. The Morgan fingerprint density at radius 3 is 2.51 bits per heavy atom. The predicted octanol–water partition coefficient (Wildman–Crippen LogP) is 3.64. The largest absolute Gasteiger partial charge is 0.383 e. The first kappa shape index (κ1) is 27.8. The van der Waals surface area contributed by atoms with E-state index >= 15 is 0 Å². The van der Waals surface area contributed by atoms with Gasteiger partial charge in [0.25, 0.3) is 0 Å². The van der Waals surface area contributed by atoms with Gasteiger partial charge < -0.3 is 16.4 Å². The smallest absolute Gasteiger partial charge is 0.245 e. The summed E-state index contributed by atoms with van der Waals surface area (Å²) < 4.78 is 3.83. The van der Waals surface area contributed by atoms with Gasteiger partial charge in [0.1, 0.15) is 11.3 Å². The van der Waals surface area contributed by atoms with Crippen LogP contribution in [0.15, 0.2) is 79.8 Å². The molecule has 1 saturated heterocycles. The molecule has 4 N–H and O–H groups in total. The fourth-order valence-corrected chi connectivity index (χ4v) is 5.72. The van der Waals surface area contributed by atoms with Crippen LogP contribution < -0.4 is 11.5 Å². The maximum absolute atomic E-state index is 11.1. The van der Waals surface area contributed by atoms with Gasteiger partial charge in [-0.05, 0) is 91.8 Å². The minimum Gasteiger partial charge on any atom is -0.383 e. The van der Waals surface area contributed by atoms with Gasteiger partial charge in [-0.25, -0.2) is 19.6 Å². The van der Waals surface area contributed by atoms with Gasteiger partial charge in [0, 0.05) is 43.3 Å². The fourth-order valence-electron chi connectivity index (χ4n) is 5.72. The lowest BCUT2D eigenvalue weighted by Crippen LogP contribution is -2.40. The molecule has 7 rings (SSSR count).